The average molecular weight is 193 g/mol. The predicted molar refractivity (Wildman–Crippen MR) is 58.1 cm³/mol. The normalized spacial score (nSPS) is 12.2. The number of rotatable bonds is 2. The van der Waals surface area contributed by atoms with Crippen LogP contribution in [-0.4, -0.2) is 0 Å². The molecule has 0 aliphatic rings. The van der Waals surface area contributed by atoms with Gasteiger partial charge in [0.05, 0.1) is 0 Å². The van der Waals surface area contributed by atoms with E-state index in [1.165, 1.54) is 5.56 Å². The van der Waals surface area contributed by atoms with Crippen LogP contribution in [0.1, 0.15) is 30.4 Å². The minimum atomic E-state index is 0.418. The van der Waals surface area contributed by atoms with Gasteiger partial charge in [-0.15, -0.1) is 12.3 Å². The van der Waals surface area contributed by atoms with Gasteiger partial charge in [0.2, 0.25) is 0 Å². The van der Waals surface area contributed by atoms with E-state index in [0.717, 1.165) is 17.0 Å². The quantitative estimate of drug-likeness (QED) is 0.626. The number of hydrogen-bond acceptors (Lipinski definition) is 0. The van der Waals surface area contributed by atoms with E-state index in [2.05, 4.69) is 18.9 Å². The van der Waals surface area contributed by atoms with E-state index in [-0.39, 0.29) is 0 Å². The molecule has 1 aromatic rings. The van der Waals surface area contributed by atoms with Crippen LogP contribution in [-0.2, 0) is 0 Å². The van der Waals surface area contributed by atoms with Crippen molar-refractivity contribution >= 4 is 11.6 Å². The van der Waals surface area contributed by atoms with Crippen LogP contribution < -0.4 is 0 Å². The number of aryl methyl sites for hydroxylation is 1. The van der Waals surface area contributed by atoms with Gasteiger partial charge in [-0.05, 0) is 30.0 Å². The summed E-state index contributed by atoms with van der Waals surface area (Å²) in [6, 6.07) is 6.07. The molecule has 68 valence electrons. The molecule has 0 bridgehead atoms. The zero-order chi connectivity index (χ0) is 9.84. The Balaban J connectivity index is 2.91. The van der Waals surface area contributed by atoms with E-state index in [9.17, 15) is 0 Å². The van der Waals surface area contributed by atoms with Crippen LogP contribution in [0.2, 0.25) is 5.02 Å². The van der Waals surface area contributed by atoms with Crippen LogP contribution in [0.4, 0.5) is 0 Å². The standard InChI is InChI=1S/C12H13Cl/c1-4-5-9(2)11-6-7-12(13)10(3)8-11/h1,6-9H,5H2,2-3H3. The summed E-state index contributed by atoms with van der Waals surface area (Å²) in [6.07, 6.45) is 6.04. The van der Waals surface area contributed by atoms with Gasteiger partial charge in [0.15, 0.2) is 0 Å². The van der Waals surface area contributed by atoms with Crippen molar-refractivity contribution in [3.05, 3.63) is 34.3 Å². The predicted octanol–water partition coefficient (Wildman–Crippen LogP) is 3.78. The highest BCUT2D eigenvalue weighted by atomic mass is 35.5. The summed E-state index contributed by atoms with van der Waals surface area (Å²) in [5.74, 6) is 3.08. The largest absolute Gasteiger partial charge is 0.120 e. The van der Waals surface area contributed by atoms with Gasteiger partial charge in [-0.1, -0.05) is 30.7 Å². The second-order valence-corrected chi connectivity index (χ2v) is 3.73. The van der Waals surface area contributed by atoms with Crippen LogP contribution >= 0.6 is 11.6 Å². The maximum absolute atomic E-state index is 5.92. The van der Waals surface area contributed by atoms with Gasteiger partial charge in [-0.25, -0.2) is 0 Å². The Bertz CT molecular complexity index is 333. The Morgan fingerprint density at radius 1 is 1.54 bits per heavy atom. The van der Waals surface area contributed by atoms with Gasteiger partial charge in [0, 0.05) is 11.4 Å². The number of hydrogen-bond donors (Lipinski definition) is 0. The van der Waals surface area contributed by atoms with Gasteiger partial charge >= 0.3 is 0 Å². The van der Waals surface area contributed by atoms with E-state index in [1.54, 1.807) is 0 Å². The lowest BCUT2D eigenvalue weighted by Gasteiger charge is -2.09. The number of halogens is 1. The molecule has 0 saturated heterocycles. The zero-order valence-electron chi connectivity index (χ0n) is 7.97. The molecular weight excluding hydrogens is 180 g/mol. The van der Waals surface area contributed by atoms with Crippen molar-refractivity contribution in [2.45, 2.75) is 26.2 Å². The fraction of sp³-hybridized carbons (Fsp3) is 0.333. The second kappa shape index (κ2) is 4.35. The van der Waals surface area contributed by atoms with Crippen LogP contribution in [0.3, 0.4) is 0 Å². The number of terminal acetylenes is 1. The molecule has 0 spiro atoms. The molecule has 13 heavy (non-hydrogen) atoms. The maximum atomic E-state index is 5.92. The summed E-state index contributed by atoms with van der Waals surface area (Å²) in [4.78, 5) is 0. The molecule has 1 unspecified atom stereocenters. The molecule has 1 rings (SSSR count). The lowest BCUT2D eigenvalue weighted by Crippen LogP contribution is -1.92. The smallest absolute Gasteiger partial charge is 0.0435 e. The highest BCUT2D eigenvalue weighted by molar-refractivity contribution is 6.31. The molecule has 1 atom stereocenters. The third kappa shape index (κ3) is 2.50. The highest BCUT2D eigenvalue weighted by Gasteiger charge is 2.04. The highest BCUT2D eigenvalue weighted by Crippen LogP contribution is 2.23. The Labute approximate surface area is 84.9 Å². The lowest BCUT2D eigenvalue weighted by molar-refractivity contribution is 0.795. The Morgan fingerprint density at radius 2 is 2.23 bits per heavy atom. The SMILES string of the molecule is C#CCC(C)c1ccc(Cl)c(C)c1. The van der Waals surface area contributed by atoms with Crippen molar-refractivity contribution in [1.29, 1.82) is 0 Å². The molecule has 0 heterocycles. The van der Waals surface area contributed by atoms with Gasteiger partial charge in [-0.3, -0.25) is 0 Å². The maximum Gasteiger partial charge on any atom is 0.0435 e. The molecule has 0 aromatic heterocycles. The molecule has 0 saturated carbocycles. The molecule has 1 aromatic carbocycles. The monoisotopic (exact) mass is 192 g/mol. The second-order valence-electron chi connectivity index (χ2n) is 3.32. The molecule has 0 fully saturated rings. The van der Waals surface area contributed by atoms with Crippen LogP contribution in [0.25, 0.3) is 0 Å². The fourth-order valence-electron chi connectivity index (χ4n) is 1.27. The van der Waals surface area contributed by atoms with E-state index in [1.807, 2.05) is 19.1 Å². The third-order valence-corrected chi connectivity index (χ3v) is 2.60. The molecular formula is C12H13Cl. The molecule has 0 nitrogen and oxygen atoms in total. The lowest BCUT2D eigenvalue weighted by atomic mass is 9.97. The Hall–Kier alpha value is -0.930. The van der Waals surface area contributed by atoms with Crippen molar-refractivity contribution in [2.24, 2.45) is 0 Å². The van der Waals surface area contributed by atoms with E-state index in [4.69, 9.17) is 18.0 Å². The van der Waals surface area contributed by atoms with Gasteiger partial charge < -0.3 is 0 Å². The first-order valence-electron chi connectivity index (χ1n) is 4.34. The van der Waals surface area contributed by atoms with Crippen molar-refractivity contribution < 1.29 is 0 Å². The van der Waals surface area contributed by atoms with Gasteiger partial charge in [0.1, 0.15) is 0 Å². The van der Waals surface area contributed by atoms with Crippen molar-refractivity contribution in [3.63, 3.8) is 0 Å². The van der Waals surface area contributed by atoms with Crippen LogP contribution in [0.15, 0.2) is 18.2 Å². The first-order chi connectivity index (χ1) is 6.15. The minimum Gasteiger partial charge on any atom is -0.120 e. The van der Waals surface area contributed by atoms with Crippen molar-refractivity contribution in [2.75, 3.05) is 0 Å². The fourth-order valence-corrected chi connectivity index (χ4v) is 1.39. The summed E-state index contributed by atoms with van der Waals surface area (Å²) in [6.45, 7) is 4.14. The molecule has 1 heteroatoms. The van der Waals surface area contributed by atoms with Gasteiger partial charge in [-0.2, -0.15) is 0 Å². The van der Waals surface area contributed by atoms with Crippen LogP contribution in [0, 0.1) is 19.3 Å². The molecule has 0 aliphatic carbocycles. The van der Waals surface area contributed by atoms with Crippen LogP contribution in [0.5, 0.6) is 0 Å². The first-order valence-corrected chi connectivity index (χ1v) is 4.72. The Kier molecular flexibility index (Phi) is 3.39. The molecule has 0 amide bonds. The van der Waals surface area contributed by atoms with E-state index < -0.39 is 0 Å². The van der Waals surface area contributed by atoms with E-state index >= 15 is 0 Å². The third-order valence-electron chi connectivity index (χ3n) is 2.18. The summed E-state index contributed by atoms with van der Waals surface area (Å²) >= 11 is 5.92. The van der Waals surface area contributed by atoms with E-state index in [0.29, 0.717) is 5.92 Å². The molecule has 0 N–H and O–H groups in total. The summed E-state index contributed by atoms with van der Waals surface area (Å²) in [5.41, 5.74) is 2.38. The number of benzene rings is 1. The topological polar surface area (TPSA) is 0 Å². The first kappa shape index (κ1) is 10.2. The summed E-state index contributed by atoms with van der Waals surface area (Å²) in [7, 11) is 0. The summed E-state index contributed by atoms with van der Waals surface area (Å²) < 4.78 is 0. The Morgan fingerprint density at radius 3 is 2.77 bits per heavy atom. The van der Waals surface area contributed by atoms with Crippen molar-refractivity contribution in [3.8, 4) is 12.3 Å². The molecule has 0 aliphatic heterocycles. The minimum absolute atomic E-state index is 0.418. The summed E-state index contributed by atoms with van der Waals surface area (Å²) in [5, 5.41) is 0.816. The molecule has 0 radical (unpaired) electrons. The van der Waals surface area contributed by atoms with Crippen molar-refractivity contribution in [1.82, 2.24) is 0 Å². The zero-order valence-corrected chi connectivity index (χ0v) is 8.73. The van der Waals surface area contributed by atoms with Gasteiger partial charge in [0.25, 0.3) is 0 Å². The average Bonchev–Trinajstić information content (AvgIpc) is 2.10.